The Morgan fingerprint density at radius 1 is 0.950 bits per heavy atom. The SMILES string of the molecule is OC(c1ccc(C(F)(F)F)cc1)c1ccc(Br)cc1Br. The van der Waals surface area contributed by atoms with Gasteiger partial charge in [-0.05, 0) is 35.4 Å². The van der Waals surface area contributed by atoms with Gasteiger partial charge < -0.3 is 5.11 Å². The van der Waals surface area contributed by atoms with E-state index in [0.717, 1.165) is 16.6 Å². The summed E-state index contributed by atoms with van der Waals surface area (Å²) >= 11 is 6.62. The molecule has 0 aromatic heterocycles. The highest BCUT2D eigenvalue weighted by molar-refractivity contribution is 9.11. The molecular formula is C14H9Br2F3O. The highest BCUT2D eigenvalue weighted by Crippen LogP contribution is 2.33. The van der Waals surface area contributed by atoms with E-state index in [9.17, 15) is 18.3 Å². The third-order valence-corrected chi connectivity index (χ3v) is 3.99. The highest BCUT2D eigenvalue weighted by atomic mass is 79.9. The predicted octanol–water partition coefficient (Wildman–Crippen LogP) is 5.31. The van der Waals surface area contributed by atoms with E-state index in [-0.39, 0.29) is 0 Å². The van der Waals surface area contributed by atoms with E-state index in [4.69, 9.17) is 0 Å². The largest absolute Gasteiger partial charge is 0.416 e. The summed E-state index contributed by atoms with van der Waals surface area (Å²) in [5.41, 5.74) is 0.261. The number of aliphatic hydroxyl groups excluding tert-OH is 1. The molecule has 0 bridgehead atoms. The minimum absolute atomic E-state index is 0.404. The zero-order valence-electron chi connectivity index (χ0n) is 9.96. The molecule has 20 heavy (non-hydrogen) atoms. The van der Waals surface area contributed by atoms with Crippen LogP contribution >= 0.6 is 31.9 Å². The topological polar surface area (TPSA) is 20.2 Å². The van der Waals surface area contributed by atoms with Gasteiger partial charge in [-0.3, -0.25) is 0 Å². The molecule has 1 nitrogen and oxygen atoms in total. The van der Waals surface area contributed by atoms with Crippen LogP contribution in [0, 0.1) is 0 Å². The van der Waals surface area contributed by atoms with Gasteiger partial charge in [-0.1, -0.05) is 50.1 Å². The van der Waals surface area contributed by atoms with Gasteiger partial charge >= 0.3 is 6.18 Å². The minimum atomic E-state index is -4.37. The standard InChI is InChI=1S/C14H9Br2F3O/c15-10-5-6-11(12(16)7-10)13(20)8-1-3-9(4-2-8)14(17,18)19/h1-7,13,20H. The van der Waals surface area contributed by atoms with Crippen LogP contribution in [0.25, 0.3) is 0 Å². The molecule has 0 saturated heterocycles. The summed E-state index contributed by atoms with van der Waals surface area (Å²) in [6, 6.07) is 9.72. The van der Waals surface area contributed by atoms with Gasteiger partial charge in [0.25, 0.3) is 0 Å². The molecule has 2 rings (SSSR count). The van der Waals surface area contributed by atoms with Crippen molar-refractivity contribution in [2.24, 2.45) is 0 Å². The normalized spacial score (nSPS) is 13.3. The smallest absolute Gasteiger partial charge is 0.384 e. The number of benzene rings is 2. The van der Waals surface area contributed by atoms with Crippen molar-refractivity contribution >= 4 is 31.9 Å². The zero-order chi connectivity index (χ0) is 14.9. The number of hydrogen-bond donors (Lipinski definition) is 1. The Hall–Kier alpha value is -0.850. The van der Waals surface area contributed by atoms with Crippen LogP contribution in [0.2, 0.25) is 0 Å². The van der Waals surface area contributed by atoms with E-state index < -0.39 is 17.8 Å². The first-order chi connectivity index (χ1) is 9.29. The Morgan fingerprint density at radius 2 is 1.55 bits per heavy atom. The number of rotatable bonds is 2. The van der Waals surface area contributed by atoms with Crippen LogP contribution in [0.3, 0.4) is 0 Å². The molecule has 1 N–H and O–H groups in total. The van der Waals surface area contributed by atoms with Crippen molar-refractivity contribution in [1.29, 1.82) is 0 Å². The van der Waals surface area contributed by atoms with Crippen LogP contribution in [-0.4, -0.2) is 5.11 Å². The summed E-state index contributed by atoms with van der Waals surface area (Å²) in [6.07, 6.45) is -5.36. The molecular weight excluding hydrogens is 401 g/mol. The predicted molar refractivity (Wildman–Crippen MR) is 77.3 cm³/mol. The molecule has 1 atom stereocenters. The third-order valence-electron chi connectivity index (χ3n) is 2.81. The fraction of sp³-hybridized carbons (Fsp3) is 0.143. The second kappa shape index (κ2) is 5.87. The maximum atomic E-state index is 12.5. The van der Waals surface area contributed by atoms with Crippen LogP contribution in [0.4, 0.5) is 13.2 Å². The van der Waals surface area contributed by atoms with Gasteiger partial charge in [0, 0.05) is 8.95 Å². The molecule has 2 aromatic carbocycles. The van der Waals surface area contributed by atoms with Crippen molar-refractivity contribution in [2.45, 2.75) is 12.3 Å². The number of alkyl halides is 3. The molecule has 0 saturated carbocycles. The lowest BCUT2D eigenvalue weighted by Gasteiger charge is -2.15. The van der Waals surface area contributed by atoms with Crippen molar-refractivity contribution in [3.05, 3.63) is 68.1 Å². The fourth-order valence-corrected chi connectivity index (χ4v) is 3.02. The summed E-state index contributed by atoms with van der Waals surface area (Å²) in [6.45, 7) is 0. The van der Waals surface area contributed by atoms with Gasteiger partial charge in [0.2, 0.25) is 0 Å². The van der Waals surface area contributed by atoms with Crippen molar-refractivity contribution in [3.63, 3.8) is 0 Å². The first-order valence-corrected chi connectivity index (χ1v) is 7.18. The second-order valence-electron chi connectivity index (χ2n) is 4.19. The van der Waals surface area contributed by atoms with Crippen LogP contribution in [0.1, 0.15) is 22.8 Å². The summed E-state index contributed by atoms with van der Waals surface area (Å²) in [7, 11) is 0. The monoisotopic (exact) mass is 408 g/mol. The summed E-state index contributed by atoms with van der Waals surface area (Å²) in [5, 5.41) is 10.2. The van der Waals surface area contributed by atoms with Gasteiger partial charge in [0.05, 0.1) is 5.56 Å². The van der Waals surface area contributed by atoms with Crippen molar-refractivity contribution < 1.29 is 18.3 Å². The van der Waals surface area contributed by atoms with Crippen LogP contribution in [-0.2, 0) is 6.18 Å². The van der Waals surface area contributed by atoms with Gasteiger partial charge in [-0.25, -0.2) is 0 Å². The Kier molecular flexibility index (Phi) is 4.56. The minimum Gasteiger partial charge on any atom is -0.384 e. The van der Waals surface area contributed by atoms with Crippen LogP contribution in [0.5, 0.6) is 0 Å². The molecule has 0 amide bonds. The Balaban J connectivity index is 2.31. The number of halogens is 5. The average Bonchev–Trinajstić information content (AvgIpc) is 2.37. The quantitative estimate of drug-likeness (QED) is 0.712. The lowest BCUT2D eigenvalue weighted by Crippen LogP contribution is -2.06. The molecule has 0 radical (unpaired) electrons. The van der Waals surface area contributed by atoms with Crippen LogP contribution in [0.15, 0.2) is 51.4 Å². The first kappa shape index (κ1) is 15.5. The molecule has 0 spiro atoms. The van der Waals surface area contributed by atoms with E-state index in [1.54, 1.807) is 18.2 Å². The molecule has 1 unspecified atom stereocenters. The van der Waals surface area contributed by atoms with E-state index in [1.807, 2.05) is 0 Å². The summed E-state index contributed by atoms with van der Waals surface area (Å²) < 4.78 is 39.0. The maximum absolute atomic E-state index is 12.5. The third kappa shape index (κ3) is 3.42. The first-order valence-electron chi connectivity index (χ1n) is 5.59. The molecule has 0 aliphatic heterocycles. The Labute approximate surface area is 130 Å². The summed E-state index contributed by atoms with van der Waals surface area (Å²) in [4.78, 5) is 0. The second-order valence-corrected chi connectivity index (χ2v) is 5.96. The molecule has 0 heterocycles. The lowest BCUT2D eigenvalue weighted by atomic mass is 10.0. The van der Waals surface area contributed by atoms with Crippen LogP contribution < -0.4 is 0 Å². The lowest BCUT2D eigenvalue weighted by molar-refractivity contribution is -0.137. The molecule has 0 aliphatic rings. The number of hydrogen-bond acceptors (Lipinski definition) is 1. The highest BCUT2D eigenvalue weighted by Gasteiger charge is 2.30. The summed E-state index contributed by atoms with van der Waals surface area (Å²) in [5.74, 6) is 0. The van der Waals surface area contributed by atoms with Gasteiger partial charge in [-0.15, -0.1) is 0 Å². The molecule has 2 aromatic rings. The Bertz CT molecular complexity index is 609. The van der Waals surface area contributed by atoms with E-state index in [1.165, 1.54) is 12.1 Å². The van der Waals surface area contributed by atoms with Crippen molar-refractivity contribution in [1.82, 2.24) is 0 Å². The van der Waals surface area contributed by atoms with Gasteiger partial charge in [0.1, 0.15) is 6.10 Å². The van der Waals surface area contributed by atoms with E-state index in [0.29, 0.717) is 15.6 Å². The molecule has 106 valence electrons. The van der Waals surface area contributed by atoms with Crippen molar-refractivity contribution in [3.8, 4) is 0 Å². The fourth-order valence-electron chi connectivity index (χ4n) is 1.76. The molecule has 0 fully saturated rings. The van der Waals surface area contributed by atoms with E-state index >= 15 is 0 Å². The molecule has 6 heteroatoms. The molecule has 0 aliphatic carbocycles. The Morgan fingerprint density at radius 3 is 2.05 bits per heavy atom. The van der Waals surface area contributed by atoms with Gasteiger partial charge in [-0.2, -0.15) is 13.2 Å². The number of aliphatic hydroxyl groups is 1. The van der Waals surface area contributed by atoms with Crippen molar-refractivity contribution in [2.75, 3.05) is 0 Å². The van der Waals surface area contributed by atoms with E-state index in [2.05, 4.69) is 31.9 Å². The average molecular weight is 410 g/mol. The zero-order valence-corrected chi connectivity index (χ0v) is 13.1. The van der Waals surface area contributed by atoms with Gasteiger partial charge in [0.15, 0.2) is 0 Å². The maximum Gasteiger partial charge on any atom is 0.416 e.